The first-order chi connectivity index (χ1) is 12.8. The first-order valence-corrected chi connectivity index (χ1v) is 8.92. The fraction of sp³-hybridized carbons (Fsp3) is 0.250. The molecule has 0 aromatic heterocycles. The highest BCUT2D eigenvalue weighted by atomic mass is 35.5. The average molecular weight is 413 g/mol. The van der Waals surface area contributed by atoms with Gasteiger partial charge in [0.15, 0.2) is 0 Å². The summed E-state index contributed by atoms with van der Waals surface area (Å²) >= 11 is 12.3. The summed E-state index contributed by atoms with van der Waals surface area (Å²) in [7, 11) is 1.22. The Kier molecular flexibility index (Phi) is 7.80. The van der Waals surface area contributed by atoms with Gasteiger partial charge in [0.1, 0.15) is 5.82 Å². The molecule has 0 heterocycles. The van der Waals surface area contributed by atoms with Gasteiger partial charge in [-0.3, -0.25) is 4.79 Å². The zero-order chi connectivity index (χ0) is 20.0. The van der Waals surface area contributed by atoms with Crippen LogP contribution in [0.1, 0.15) is 18.4 Å². The highest BCUT2D eigenvalue weighted by Gasteiger charge is 2.16. The van der Waals surface area contributed by atoms with Crippen molar-refractivity contribution >= 4 is 35.2 Å². The van der Waals surface area contributed by atoms with Gasteiger partial charge in [0, 0.05) is 27.6 Å². The summed E-state index contributed by atoms with van der Waals surface area (Å²) in [4.78, 5) is 11.1. The Labute approximate surface area is 166 Å². The lowest BCUT2D eigenvalue weighted by molar-refractivity contribution is -0.143. The number of aliphatic hydroxyl groups is 2. The number of carbonyl (C=O) groups excluding carboxylic acids is 1. The van der Waals surface area contributed by atoms with E-state index >= 15 is 0 Å². The highest BCUT2D eigenvalue weighted by molar-refractivity contribution is 6.36. The van der Waals surface area contributed by atoms with Crippen LogP contribution < -0.4 is 0 Å². The van der Waals surface area contributed by atoms with E-state index in [1.165, 1.54) is 31.4 Å². The Morgan fingerprint density at radius 1 is 1.22 bits per heavy atom. The van der Waals surface area contributed by atoms with Crippen LogP contribution in [0.15, 0.2) is 42.5 Å². The maximum Gasteiger partial charge on any atom is 0.308 e. The van der Waals surface area contributed by atoms with E-state index in [2.05, 4.69) is 4.74 Å². The minimum absolute atomic E-state index is 0.0637. The van der Waals surface area contributed by atoms with Crippen LogP contribution in [0.4, 0.5) is 4.39 Å². The number of esters is 1. The van der Waals surface area contributed by atoms with E-state index in [1.807, 2.05) is 0 Å². The van der Waals surface area contributed by atoms with Crippen LogP contribution in [0, 0.1) is 5.82 Å². The van der Waals surface area contributed by atoms with E-state index < -0.39 is 24.0 Å². The highest BCUT2D eigenvalue weighted by Crippen LogP contribution is 2.35. The molecule has 2 rings (SSSR count). The van der Waals surface area contributed by atoms with Crippen molar-refractivity contribution in [3.05, 3.63) is 63.9 Å². The van der Waals surface area contributed by atoms with Crippen LogP contribution in [0.3, 0.4) is 0 Å². The molecule has 4 nitrogen and oxygen atoms in total. The molecule has 0 saturated heterocycles. The quantitative estimate of drug-likeness (QED) is 0.657. The predicted octanol–water partition coefficient (Wildman–Crippen LogP) is 4.49. The average Bonchev–Trinajstić information content (AvgIpc) is 2.60. The zero-order valence-electron chi connectivity index (χ0n) is 14.5. The molecule has 0 aliphatic carbocycles. The maximum atomic E-state index is 14.2. The number of halogens is 3. The topological polar surface area (TPSA) is 66.8 Å². The van der Waals surface area contributed by atoms with E-state index in [-0.39, 0.29) is 12.8 Å². The molecule has 144 valence electrons. The standard InChI is InChI=1S/C20H19Cl2FO4/c1-27-20(26)11-14(25)10-13(24)6-7-15-17(8-12(21)9-18(15)22)16-4-2-3-5-19(16)23/h2-9,13-14,24-25H,10-11H2,1H3/b7-6+. The molecular formula is C20H19Cl2FO4. The van der Waals surface area contributed by atoms with Gasteiger partial charge >= 0.3 is 5.97 Å². The molecule has 2 aromatic carbocycles. The van der Waals surface area contributed by atoms with E-state index in [0.717, 1.165) is 0 Å². The summed E-state index contributed by atoms with van der Waals surface area (Å²) in [6.45, 7) is 0. The van der Waals surface area contributed by atoms with Crippen LogP contribution in [0.5, 0.6) is 0 Å². The van der Waals surface area contributed by atoms with Gasteiger partial charge in [-0.25, -0.2) is 4.39 Å². The molecule has 0 saturated carbocycles. The molecule has 0 spiro atoms. The van der Waals surface area contributed by atoms with Crippen molar-refractivity contribution in [2.75, 3.05) is 7.11 Å². The molecule has 27 heavy (non-hydrogen) atoms. The van der Waals surface area contributed by atoms with Gasteiger partial charge in [0.25, 0.3) is 0 Å². The van der Waals surface area contributed by atoms with E-state index in [4.69, 9.17) is 23.2 Å². The van der Waals surface area contributed by atoms with Crippen molar-refractivity contribution in [2.45, 2.75) is 25.0 Å². The maximum absolute atomic E-state index is 14.2. The Bertz CT molecular complexity index is 839. The molecule has 0 bridgehead atoms. The fourth-order valence-corrected chi connectivity index (χ4v) is 3.14. The van der Waals surface area contributed by atoms with Gasteiger partial charge in [-0.1, -0.05) is 53.6 Å². The molecule has 0 aliphatic heterocycles. The lowest BCUT2D eigenvalue weighted by Crippen LogP contribution is -2.20. The number of ether oxygens (including phenoxy) is 1. The molecule has 2 N–H and O–H groups in total. The molecule has 2 unspecified atom stereocenters. The van der Waals surface area contributed by atoms with Gasteiger partial charge in [0.05, 0.1) is 25.7 Å². The second-order valence-electron chi connectivity index (χ2n) is 5.92. The Morgan fingerprint density at radius 3 is 2.59 bits per heavy atom. The molecule has 2 aromatic rings. The number of carbonyl (C=O) groups is 1. The molecule has 2 atom stereocenters. The van der Waals surface area contributed by atoms with Crippen LogP contribution in [0.2, 0.25) is 10.0 Å². The van der Waals surface area contributed by atoms with Crippen molar-refractivity contribution in [2.24, 2.45) is 0 Å². The van der Waals surface area contributed by atoms with Crippen molar-refractivity contribution < 1.29 is 24.1 Å². The van der Waals surface area contributed by atoms with Crippen LogP contribution in [-0.2, 0) is 9.53 Å². The Hall–Kier alpha value is -1.92. The number of aliphatic hydroxyl groups excluding tert-OH is 2. The van der Waals surface area contributed by atoms with Crippen molar-refractivity contribution in [1.82, 2.24) is 0 Å². The van der Waals surface area contributed by atoms with Gasteiger partial charge in [-0.15, -0.1) is 0 Å². The molecular weight excluding hydrogens is 394 g/mol. The molecule has 0 aliphatic rings. The third-order valence-corrected chi connectivity index (χ3v) is 4.42. The van der Waals surface area contributed by atoms with Crippen LogP contribution in [-0.4, -0.2) is 35.5 Å². The predicted molar refractivity (Wildman–Crippen MR) is 104 cm³/mol. The minimum Gasteiger partial charge on any atom is -0.469 e. The number of hydrogen-bond acceptors (Lipinski definition) is 4. The zero-order valence-corrected chi connectivity index (χ0v) is 16.0. The number of hydrogen-bond donors (Lipinski definition) is 2. The number of rotatable bonds is 7. The summed E-state index contributed by atoms with van der Waals surface area (Å²) in [5, 5.41) is 20.5. The third kappa shape index (κ3) is 6.04. The summed E-state index contributed by atoms with van der Waals surface area (Å²) in [5.41, 5.74) is 1.28. The largest absolute Gasteiger partial charge is 0.469 e. The monoisotopic (exact) mass is 412 g/mol. The molecule has 7 heteroatoms. The third-order valence-electron chi connectivity index (χ3n) is 3.89. The lowest BCUT2D eigenvalue weighted by Gasteiger charge is -2.13. The summed E-state index contributed by atoms with van der Waals surface area (Å²) in [5.74, 6) is -0.999. The molecule has 0 fully saturated rings. The van der Waals surface area contributed by atoms with E-state index in [9.17, 15) is 19.4 Å². The van der Waals surface area contributed by atoms with Crippen molar-refractivity contribution in [1.29, 1.82) is 0 Å². The van der Waals surface area contributed by atoms with Gasteiger partial charge in [0.2, 0.25) is 0 Å². The van der Waals surface area contributed by atoms with Gasteiger partial charge in [-0.2, -0.15) is 0 Å². The summed E-state index contributed by atoms with van der Waals surface area (Å²) < 4.78 is 18.7. The smallest absolute Gasteiger partial charge is 0.308 e. The Morgan fingerprint density at radius 2 is 1.93 bits per heavy atom. The molecule has 0 amide bonds. The SMILES string of the molecule is COC(=O)CC(O)CC(O)/C=C/c1c(Cl)cc(Cl)cc1-c1ccccc1F. The normalized spacial score (nSPS) is 13.6. The Balaban J connectivity index is 2.27. The van der Waals surface area contributed by atoms with Crippen molar-refractivity contribution in [3.63, 3.8) is 0 Å². The number of methoxy groups -OCH3 is 1. The lowest BCUT2D eigenvalue weighted by atomic mass is 9.98. The van der Waals surface area contributed by atoms with Gasteiger partial charge < -0.3 is 14.9 Å². The van der Waals surface area contributed by atoms with Gasteiger partial charge in [-0.05, 0) is 23.8 Å². The van der Waals surface area contributed by atoms with E-state index in [0.29, 0.717) is 26.7 Å². The summed E-state index contributed by atoms with van der Waals surface area (Å²) in [6, 6.07) is 9.31. The number of benzene rings is 2. The van der Waals surface area contributed by atoms with Crippen molar-refractivity contribution in [3.8, 4) is 11.1 Å². The van der Waals surface area contributed by atoms with E-state index in [1.54, 1.807) is 24.3 Å². The van der Waals surface area contributed by atoms with Crippen LogP contribution in [0.25, 0.3) is 17.2 Å². The first kappa shape index (κ1) is 21.4. The fourth-order valence-electron chi connectivity index (χ4n) is 2.58. The summed E-state index contributed by atoms with van der Waals surface area (Å²) in [6.07, 6.45) is 0.583. The second kappa shape index (κ2) is 9.85. The van der Waals surface area contributed by atoms with Crippen LogP contribution >= 0.6 is 23.2 Å². The molecule has 0 radical (unpaired) electrons. The minimum atomic E-state index is -1.05. The first-order valence-electron chi connectivity index (χ1n) is 8.17. The second-order valence-corrected chi connectivity index (χ2v) is 6.77.